The zero-order chi connectivity index (χ0) is 15.9. The van der Waals surface area contributed by atoms with Crippen molar-refractivity contribution in [1.29, 1.82) is 0 Å². The topological polar surface area (TPSA) is 0 Å². The third kappa shape index (κ3) is 4.68. The van der Waals surface area contributed by atoms with Gasteiger partial charge in [0.25, 0.3) is 0 Å². The van der Waals surface area contributed by atoms with Gasteiger partial charge in [-0.05, 0) is 52.5 Å². The Kier molecular flexibility index (Phi) is 6.15. The molecule has 0 aromatic heterocycles. The Labute approximate surface area is 138 Å². The van der Waals surface area contributed by atoms with E-state index < -0.39 is 11.6 Å². The summed E-state index contributed by atoms with van der Waals surface area (Å²) in [6.45, 7) is 2.19. The predicted molar refractivity (Wildman–Crippen MR) is 89.7 cm³/mol. The third-order valence-electron chi connectivity index (χ3n) is 3.36. The average molecular weight is 363 g/mol. The maximum atomic E-state index is 13.4. The number of benzene rings is 2. The van der Waals surface area contributed by atoms with E-state index >= 15 is 0 Å². The van der Waals surface area contributed by atoms with E-state index in [-0.39, 0.29) is 4.47 Å². The second-order valence-electron chi connectivity index (χ2n) is 5.15. The first-order chi connectivity index (χ1) is 10.6. The Morgan fingerprint density at radius 2 is 1.73 bits per heavy atom. The van der Waals surface area contributed by atoms with E-state index in [1.807, 2.05) is 12.1 Å². The van der Waals surface area contributed by atoms with Gasteiger partial charge in [0.15, 0.2) is 0 Å². The lowest BCUT2D eigenvalue weighted by atomic mass is 10.1. The lowest BCUT2D eigenvalue weighted by Crippen LogP contribution is -1.88. The van der Waals surface area contributed by atoms with Crippen LogP contribution in [-0.4, -0.2) is 0 Å². The molecule has 0 atom stereocenters. The molecule has 0 aliphatic heterocycles. The maximum Gasteiger partial charge on any atom is 0.141 e. The van der Waals surface area contributed by atoms with Gasteiger partial charge in [0.05, 0.1) is 4.47 Å². The first-order valence-corrected chi connectivity index (χ1v) is 8.15. The number of unbranched alkanes of at least 4 members (excludes halogenated alkanes) is 2. The van der Waals surface area contributed by atoms with Crippen LogP contribution in [0.15, 0.2) is 40.9 Å². The van der Waals surface area contributed by atoms with Crippen molar-refractivity contribution in [1.82, 2.24) is 0 Å². The van der Waals surface area contributed by atoms with Gasteiger partial charge in [-0.15, -0.1) is 0 Å². The summed E-state index contributed by atoms with van der Waals surface area (Å²) in [5.41, 5.74) is 2.43. The molecule has 0 heterocycles. The van der Waals surface area contributed by atoms with Crippen molar-refractivity contribution in [2.75, 3.05) is 0 Å². The van der Waals surface area contributed by atoms with Crippen LogP contribution in [-0.2, 0) is 6.42 Å². The van der Waals surface area contributed by atoms with E-state index in [0.29, 0.717) is 5.56 Å². The summed E-state index contributed by atoms with van der Waals surface area (Å²) in [4.78, 5) is 0. The lowest BCUT2D eigenvalue weighted by Gasteiger charge is -2.01. The van der Waals surface area contributed by atoms with E-state index in [0.717, 1.165) is 18.1 Å². The molecule has 0 amide bonds. The lowest BCUT2D eigenvalue weighted by molar-refractivity contribution is 0.578. The van der Waals surface area contributed by atoms with Gasteiger partial charge in [0.1, 0.15) is 11.6 Å². The molecule has 0 bridgehead atoms. The first kappa shape index (κ1) is 16.7. The van der Waals surface area contributed by atoms with E-state index in [1.165, 1.54) is 30.9 Å². The fraction of sp³-hybridized carbons (Fsp3) is 0.263. The van der Waals surface area contributed by atoms with Crippen molar-refractivity contribution in [2.45, 2.75) is 32.6 Å². The van der Waals surface area contributed by atoms with Gasteiger partial charge >= 0.3 is 0 Å². The van der Waals surface area contributed by atoms with Gasteiger partial charge in [-0.3, -0.25) is 0 Å². The molecule has 22 heavy (non-hydrogen) atoms. The molecule has 0 fully saturated rings. The van der Waals surface area contributed by atoms with Gasteiger partial charge in [-0.2, -0.15) is 0 Å². The molecular weight excluding hydrogens is 346 g/mol. The SMILES string of the molecule is CCCCCc1ccc(C#Cc2cc(F)cc(F)c2Br)cc1. The third-order valence-corrected chi connectivity index (χ3v) is 4.16. The predicted octanol–water partition coefficient (Wildman–Crippen LogP) is 5.86. The summed E-state index contributed by atoms with van der Waals surface area (Å²) in [5.74, 6) is 4.47. The molecular formula is C19H17BrF2. The van der Waals surface area contributed by atoms with Crippen LogP contribution in [0.2, 0.25) is 0 Å². The molecule has 0 spiro atoms. The zero-order valence-corrected chi connectivity index (χ0v) is 14.0. The van der Waals surface area contributed by atoms with E-state index in [1.54, 1.807) is 0 Å². The Bertz CT molecular complexity index is 694. The fourth-order valence-electron chi connectivity index (χ4n) is 2.12. The highest BCUT2D eigenvalue weighted by atomic mass is 79.9. The number of aryl methyl sites for hydroxylation is 1. The molecule has 0 saturated heterocycles. The molecule has 0 radical (unpaired) electrons. The van der Waals surface area contributed by atoms with E-state index in [2.05, 4.69) is 46.8 Å². The minimum absolute atomic E-state index is 0.192. The summed E-state index contributed by atoms with van der Waals surface area (Å²) in [5, 5.41) is 0. The molecule has 2 aromatic carbocycles. The number of rotatable bonds is 4. The van der Waals surface area contributed by atoms with Crippen molar-refractivity contribution < 1.29 is 8.78 Å². The quantitative estimate of drug-likeness (QED) is 0.363. The van der Waals surface area contributed by atoms with E-state index in [9.17, 15) is 8.78 Å². The number of halogens is 3. The second kappa shape index (κ2) is 8.10. The molecule has 114 valence electrons. The summed E-state index contributed by atoms with van der Waals surface area (Å²) in [6, 6.07) is 10.1. The minimum Gasteiger partial charge on any atom is -0.207 e. The van der Waals surface area contributed by atoms with Crippen molar-refractivity contribution in [3.63, 3.8) is 0 Å². The Morgan fingerprint density at radius 3 is 2.41 bits per heavy atom. The Morgan fingerprint density at radius 1 is 1.00 bits per heavy atom. The Hall–Kier alpha value is -1.66. The number of hydrogen-bond acceptors (Lipinski definition) is 0. The molecule has 2 rings (SSSR count). The molecule has 0 aliphatic carbocycles. The number of hydrogen-bond donors (Lipinski definition) is 0. The molecule has 3 heteroatoms. The molecule has 2 aromatic rings. The van der Waals surface area contributed by atoms with Crippen LogP contribution in [0.3, 0.4) is 0 Å². The van der Waals surface area contributed by atoms with Crippen LogP contribution < -0.4 is 0 Å². The second-order valence-corrected chi connectivity index (χ2v) is 5.95. The van der Waals surface area contributed by atoms with Crippen LogP contribution in [0.5, 0.6) is 0 Å². The van der Waals surface area contributed by atoms with Gasteiger partial charge < -0.3 is 0 Å². The van der Waals surface area contributed by atoms with Crippen molar-refractivity contribution >= 4 is 15.9 Å². The van der Waals surface area contributed by atoms with Crippen LogP contribution >= 0.6 is 15.9 Å². The molecule has 0 aliphatic rings. The summed E-state index contributed by atoms with van der Waals surface area (Å²) < 4.78 is 26.8. The monoisotopic (exact) mass is 362 g/mol. The summed E-state index contributed by atoms with van der Waals surface area (Å²) in [6.07, 6.45) is 4.71. The summed E-state index contributed by atoms with van der Waals surface area (Å²) >= 11 is 3.09. The average Bonchev–Trinajstić information content (AvgIpc) is 2.51. The van der Waals surface area contributed by atoms with Gasteiger partial charge in [-0.25, -0.2) is 8.78 Å². The van der Waals surface area contributed by atoms with Gasteiger partial charge in [0.2, 0.25) is 0 Å². The van der Waals surface area contributed by atoms with Crippen LogP contribution in [0.25, 0.3) is 0 Å². The van der Waals surface area contributed by atoms with Crippen molar-refractivity contribution in [2.24, 2.45) is 0 Å². The zero-order valence-electron chi connectivity index (χ0n) is 12.4. The van der Waals surface area contributed by atoms with Crippen LogP contribution in [0, 0.1) is 23.5 Å². The van der Waals surface area contributed by atoms with Crippen molar-refractivity contribution in [3.05, 3.63) is 69.2 Å². The van der Waals surface area contributed by atoms with Gasteiger partial charge in [-0.1, -0.05) is 43.7 Å². The highest BCUT2D eigenvalue weighted by Crippen LogP contribution is 2.21. The van der Waals surface area contributed by atoms with Crippen LogP contribution in [0.1, 0.15) is 42.9 Å². The molecule has 0 nitrogen and oxygen atoms in total. The molecule has 0 N–H and O–H groups in total. The normalized spacial score (nSPS) is 10.2. The fourth-order valence-corrected chi connectivity index (χ4v) is 2.45. The van der Waals surface area contributed by atoms with Crippen LogP contribution in [0.4, 0.5) is 8.78 Å². The Balaban J connectivity index is 2.12. The summed E-state index contributed by atoms with van der Waals surface area (Å²) in [7, 11) is 0. The highest BCUT2D eigenvalue weighted by molar-refractivity contribution is 9.10. The highest BCUT2D eigenvalue weighted by Gasteiger charge is 2.06. The molecule has 0 saturated carbocycles. The maximum absolute atomic E-state index is 13.4. The largest absolute Gasteiger partial charge is 0.207 e. The minimum atomic E-state index is -0.643. The van der Waals surface area contributed by atoms with Crippen molar-refractivity contribution in [3.8, 4) is 11.8 Å². The molecule has 0 unspecified atom stereocenters. The standard InChI is InChI=1S/C19H17BrF2/c1-2-3-4-5-14-6-8-15(9-7-14)10-11-16-12-17(21)13-18(22)19(16)20/h6-9,12-13H,2-5H2,1H3. The first-order valence-electron chi connectivity index (χ1n) is 7.35. The van der Waals surface area contributed by atoms with Gasteiger partial charge in [0, 0.05) is 17.2 Å². The smallest absolute Gasteiger partial charge is 0.141 e. The van der Waals surface area contributed by atoms with E-state index in [4.69, 9.17) is 0 Å².